The molecule has 1 aliphatic carbocycles. The van der Waals surface area contributed by atoms with Crippen LogP contribution in [0.3, 0.4) is 0 Å². The van der Waals surface area contributed by atoms with Crippen LogP contribution in [0, 0.1) is 12.0 Å². The van der Waals surface area contributed by atoms with Crippen LogP contribution in [0.5, 0.6) is 0 Å². The van der Waals surface area contributed by atoms with E-state index in [-0.39, 0.29) is 51.0 Å². The third kappa shape index (κ3) is 5.38. The molecule has 0 atom stereocenters. The predicted octanol–water partition coefficient (Wildman–Crippen LogP) is 0.0493. The van der Waals surface area contributed by atoms with Crippen molar-refractivity contribution in [1.29, 1.82) is 0 Å². The Kier molecular flexibility index (Phi) is 10.6. The van der Waals surface area contributed by atoms with E-state index >= 15 is 0 Å². The van der Waals surface area contributed by atoms with Crippen LogP contribution >= 0.6 is 0 Å². The number of rotatable bonds is 1. The normalized spacial score (nSPS) is 11.9. The number of allylic oxidation sites excluding steroid dienone is 4. The molecule has 3 aromatic carbocycles. The molecule has 0 amide bonds. The van der Waals surface area contributed by atoms with Gasteiger partial charge in [0, 0.05) is 0 Å². The fourth-order valence-corrected chi connectivity index (χ4v) is 2.72. The molecule has 0 saturated heterocycles. The van der Waals surface area contributed by atoms with Crippen molar-refractivity contribution in [3.8, 4) is 0 Å². The molecule has 24 heavy (non-hydrogen) atoms. The van der Waals surface area contributed by atoms with Gasteiger partial charge in [-0.05, 0) is 0 Å². The van der Waals surface area contributed by atoms with Gasteiger partial charge in [-0.15, -0.1) is 46.2 Å². The number of benzene rings is 2. The summed E-state index contributed by atoms with van der Waals surface area (Å²) in [5.74, 6) is 0.685. The smallest absolute Gasteiger partial charge is 1.00 e. The molecule has 0 aliphatic heterocycles. The summed E-state index contributed by atoms with van der Waals surface area (Å²) in [5, 5.41) is 5.39. The Bertz CT molecular complexity index is 762. The van der Waals surface area contributed by atoms with Gasteiger partial charge in [-0.1, -0.05) is 56.2 Å². The van der Waals surface area contributed by atoms with Crippen LogP contribution in [0.4, 0.5) is 0 Å². The fourth-order valence-electron chi connectivity index (χ4n) is 2.72. The number of hydrogen-bond acceptors (Lipinski definition) is 0. The largest absolute Gasteiger partial charge is 4.00 e. The second kappa shape index (κ2) is 11.0. The molecule has 3 heteroatoms. The zero-order valence-electron chi connectivity index (χ0n) is 13.9. The van der Waals surface area contributed by atoms with E-state index in [1.165, 1.54) is 27.1 Å². The summed E-state index contributed by atoms with van der Waals surface area (Å²) >= 11 is 0. The first-order valence-corrected chi connectivity index (χ1v) is 7.55. The van der Waals surface area contributed by atoms with E-state index in [0.717, 1.165) is 6.42 Å². The molecule has 0 aromatic heterocycles. The average Bonchev–Trinajstić information content (AvgIpc) is 3.15. The predicted molar refractivity (Wildman–Crippen MR) is 92.4 cm³/mol. The molecule has 0 spiro atoms. The van der Waals surface area contributed by atoms with Crippen molar-refractivity contribution in [2.24, 2.45) is 5.92 Å². The van der Waals surface area contributed by atoms with Crippen LogP contribution in [0.15, 0.2) is 72.3 Å². The van der Waals surface area contributed by atoms with Gasteiger partial charge < -0.3 is 24.8 Å². The standard InChI is InChI=1S/C13H9.C8H11.2ClH.Zr/c1-3-7-12-10(5-1)9-11-6-2-4-8-13(11)12;1-7(2)8-5-3-4-6-8;;;/h1-9H;5-7H,3H2,1-2H3;2*1H;/q2*-1;;;+4/p-2. The average molecular weight is 435 g/mol. The summed E-state index contributed by atoms with van der Waals surface area (Å²) in [6, 6.07) is 19.3. The molecule has 0 radical (unpaired) electrons. The molecule has 4 rings (SSSR count). The van der Waals surface area contributed by atoms with Crippen LogP contribution in [0.2, 0.25) is 0 Å². The Morgan fingerprint density at radius 3 is 1.75 bits per heavy atom. The van der Waals surface area contributed by atoms with Gasteiger partial charge in [0.2, 0.25) is 0 Å². The van der Waals surface area contributed by atoms with Gasteiger partial charge in [-0.3, -0.25) is 6.08 Å². The molecular formula is C21H20Cl2Zr. The van der Waals surface area contributed by atoms with Gasteiger partial charge in [0.15, 0.2) is 0 Å². The first kappa shape index (κ1) is 23.3. The molecule has 0 N–H and O–H groups in total. The molecule has 1 aliphatic rings. The van der Waals surface area contributed by atoms with Crippen molar-refractivity contribution in [2.75, 3.05) is 0 Å². The number of hydrogen-bond donors (Lipinski definition) is 0. The van der Waals surface area contributed by atoms with E-state index in [4.69, 9.17) is 0 Å². The topological polar surface area (TPSA) is 0 Å². The monoisotopic (exact) mass is 432 g/mol. The summed E-state index contributed by atoms with van der Waals surface area (Å²) in [5.41, 5.74) is 1.44. The minimum absolute atomic E-state index is 0. The molecule has 122 valence electrons. The molecule has 0 heterocycles. The van der Waals surface area contributed by atoms with Crippen molar-refractivity contribution in [3.05, 3.63) is 78.4 Å². The molecule has 0 bridgehead atoms. The van der Waals surface area contributed by atoms with Crippen molar-refractivity contribution < 1.29 is 51.0 Å². The van der Waals surface area contributed by atoms with Crippen LogP contribution in [-0.4, -0.2) is 0 Å². The SMILES string of the molecule is CC(C)C1=CC[C-]=C1.[Cl-].[Cl-].[Zr+4].c1ccc2c(c1)[cH-]c1ccccc12. The maximum atomic E-state index is 3.14. The van der Waals surface area contributed by atoms with Crippen LogP contribution < -0.4 is 24.8 Å². The zero-order chi connectivity index (χ0) is 14.7. The first-order valence-electron chi connectivity index (χ1n) is 7.55. The van der Waals surface area contributed by atoms with Crippen molar-refractivity contribution in [1.82, 2.24) is 0 Å². The third-order valence-corrected chi connectivity index (χ3v) is 3.91. The van der Waals surface area contributed by atoms with Crippen LogP contribution in [-0.2, 0) is 26.2 Å². The first-order chi connectivity index (χ1) is 10.3. The van der Waals surface area contributed by atoms with E-state index in [2.05, 4.69) is 86.7 Å². The van der Waals surface area contributed by atoms with Crippen LogP contribution in [0.1, 0.15) is 20.3 Å². The number of fused-ring (bicyclic) bond motifs is 3. The zero-order valence-corrected chi connectivity index (χ0v) is 17.9. The summed E-state index contributed by atoms with van der Waals surface area (Å²) in [6.07, 6.45) is 8.47. The quantitative estimate of drug-likeness (QED) is 0.475. The minimum Gasteiger partial charge on any atom is -1.00 e. The molecule has 0 fully saturated rings. The summed E-state index contributed by atoms with van der Waals surface area (Å²) < 4.78 is 0. The van der Waals surface area contributed by atoms with Gasteiger partial charge >= 0.3 is 26.2 Å². The van der Waals surface area contributed by atoms with Gasteiger partial charge in [0.25, 0.3) is 0 Å². The van der Waals surface area contributed by atoms with E-state index in [1.807, 2.05) is 0 Å². The van der Waals surface area contributed by atoms with Gasteiger partial charge in [0.05, 0.1) is 0 Å². The summed E-state index contributed by atoms with van der Waals surface area (Å²) in [4.78, 5) is 0. The Labute approximate surface area is 176 Å². The molecule has 3 aromatic rings. The summed E-state index contributed by atoms with van der Waals surface area (Å²) in [6.45, 7) is 4.41. The second-order valence-electron chi connectivity index (χ2n) is 5.73. The molecular weight excluding hydrogens is 414 g/mol. The van der Waals surface area contributed by atoms with E-state index < -0.39 is 0 Å². The van der Waals surface area contributed by atoms with E-state index in [0.29, 0.717) is 5.92 Å². The maximum absolute atomic E-state index is 3.14. The van der Waals surface area contributed by atoms with Crippen molar-refractivity contribution >= 4 is 21.5 Å². The number of halogens is 2. The van der Waals surface area contributed by atoms with E-state index in [1.54, 1.807) is 0 Å². The van der Waals surface area contributed by atoms with Gasteiger partial charge in [-0.2, -0.15) is 11.6 Å². The summed E-state index contributed by atoms with van der Waals surface area (Å²) in [7, 11) is 0. The Hall–Kier alpha value is -0.747. The van der Waals surface area contributed by atoms with Crippen molar-refractivity contribution in [2.45, 2.75) is 20.3 Å². The van der Waals surface area contributed by atoms with Crippen molar-refractivity contribution in [3.63, 3.8) is 0 Å². The third-order valence-electron chi connectivity index (χ3n) is 3.91. The molecule has 0 saturated carbocycles. The van der Waals surface area contributed by atoms with E-state index in [9.17, 15) is 0 Å². The Balaban J connectivity index is 0.000000429. The minimum atomic E-state index is 0. The van der Waals surface area contributed by atoms with Gasteiger partial charge in [0.1, 0.15) is 0 Å². The Morgan fingerprint density at radius 1 is 0.875 bits per heavy atom. The second-order valence-corrected chi connectivity index (χ2v) is 5.73. The van der Waals surface area contributed by atoms with Crippen LogP contribution in [0.25, 0.3) is 21.5 Å². The fraction of sp³-hybridized carbons (Fsp3) is 0.190. The van der Waals surface area contributed by atoms with Gasteiger partial charge in [-0.25, -0.2) is 6.08 Å². The molecule has 0 unspecified atom stereocenters. The maximum Gasteiger partial charge on any atom is 4.00 e. The Morgan fingerprint density at radius 2 is 1.38 bits per heavy atom. The molecule has 0 nitrogen and oxygen atoms in total.